The minimum Gasteiger partial charge on any atom is -0.458 e. The lowest BCUT2D eigenvalue weighted by molar-refractivity contribution is -0.159. The molecule has 0 heterocycles. The van der Waals surface area contributed by atoms with Gasteiger partial charge in [0.25, 0.3) is 0 Å². The lowest BCUT2D eigenvalue weighted by Crippen LogP contribution is -2.58. The van der Waals surface area contributed by atoms with Gasteiger partial charge in [0.15, 0.2) is 0 Å². The summed E-state index contributed by atoms with van der Waals surface area (Å²) in [5, 5.41) is 13.5. The fourth-order valence-corrected chi connectivity index (χ4v) is 5.57. The predicted molar refractivity (Wildman–Crippen MR) is 201 cm³/mol. The summed E-state index contributed by atoms with van der Waals surface area (Å²) in [4.78, 5) is 77.2. The van der Waals surface area contributed by atoms with Gasteiger partial charge in [-0.2, -0.15) is 11.8 Å². The number of nitrogens with one attached hydrogen (secondary N) is 5. The van der Waals surface area contributed by atoms with Gasteiger partial charge in [-0.1, -0.05) is 74.0 Å². The molecule has 4 atom stereocenters. The summed E-state index contributed by atoms with van der Waals surface area (Å²) >= 11 is 1.53. The molecule has 5 amide bonds. The van der Waals surface area contributed by atoms with Gasteiger partial charge in [0, 0.05) is 13.0 Å². The molecule has 2 aromatic carbocycles. The number of unbranched alkanes of at least 4 members (excludes halogenated alkanes) is 1. The average Bonchev–Trinajstić information content (AvgIpc) is 3.11. The second kappa shape index (κ2) is 23.8. The van der Waals surface area contributed by atoms with E-state index in [0.717, 1.165) is 11.1 Å². The fourth-order valence-electron chi connectivity index (χ4n) is 5.10. The third kappa shape index (κ3) is 17.6. The molecule has 2 rings (SSSR count). The number of thioether (sulfide) groups is 1. The predicted octanol–water partition coefficient (Wildman–Crippen LogP) is 3.79. The molecular formula is C38H55N5O8S. The standard InChI is InChI=1S/C38H55N5O8S/c1-6-15-30(41-33(45)29(40-26-44)21-23-52-5)34(46)43-32(24-27-16-9-7-10-17-27)35(47)42-31(36(48)51-38(2,3)4)20-13-14-22-39-37(49)50-25-28-18-11-8-12-19-28/h7-12,16-19,26,29-32H,6,13-15,20-25H2,1-5H3,(H,39,49)(H,40,44)(H,41,45)(H,42,47)(H,43,46). The number of benzene rings is 2. The minimum atomic E-state index is -1.10. The highest BCUT2D eigenvalue weighted by molar-refractivity contribution is 7.98. The maximum Gasteiger partial charge on any atom is 0.407 e. The summed E-state index contributed by atoms with van der Waals surface area (Å²) in [5.41, 5.74) is 0.813. The molecule has 13 nitrogen and oxygen atoms in total. The molecule has 0 aliphatic rings. The summed E-state index contributed by atoms with van der Waals surface area (Å²) in [6.07, 6.45) is 4.29. The van der Waals surface area contributed by atoms with Crippen LogP contribution in [0.5, 0.6) is 0 Å². The van der Waals surface area contributed by atoms with Crippen molar-refractivity contribution in [1.82, 2.24) is 26.6 Å². The number of alkyl carbamates (subject to hydrolysis) is 1. The Morgan fingerprint density at radius 2 is 1.33 bits per heavy atom. The number of carbonyl (C=O) groups is 6. The first-order chi connectivity index (χ1) is 24.9. The lowest BCUT2D eigenvalue weighted by atomic mass is 10.0. The van der Waals surface area contributed by atoms with Crippen molar-refractivity contribution in [2.24, 2.45) is 0 Å². The Kier molecular flexibility index (Phi) is 19.9. The van der Waals surface area contributed by atoms with E-state index in [1.54, 1.807) is 20.8 Å². The Hall–Kier alpha value is -4.59. The summed E-state index contributed by atoms with van der Waals surface area (Å²) in [6, 6.07) is 14.5. The number of ether oxygens (including phenoxy) is 2. The van der Waals surface area contributed by atoms with E-state index in [2.05, 4.69) is 26.6 Å². The summed E-state index contributed by atoms with van der Waals surface area (Å²) in [6.45, 7) is 7.48. The van der Waals surface area contributed by atoms with E-state index >= 15 is 0 Å². The molecule has 0 spiro atoms. The van der Waals surface area contributed by atoms with E-state index in [4.69, 9.17) is 9.47 Å². The summed E-state index contributed by atoms with van der Waals surface area (Å²) in [5.74, 6) is -1.67. The van der Waals surface area contributed by atoms with Gasteiger partial charge in [-0.25, -0.2) is 9.59 Å². The first-order valence-electron chi connectivity index (χ1n) is 17.7. The maximum absolute atomic E-state index is 13.9. The van der Waals surface area contributed by atoms with Crippen LogP contribution in [0.1, 0.15) is 77.3 Å². The molecule has 52 heavy (non-hydrogen) atoms. The molecule has 0 saturated heterocycles. The van der Waals surface area contributed by atoms with Gasteiger partial charge >= 0.3 is 12.1 Å². The second-order valence-corrected chi connectivity index (χ2v) is 14.3. The summed E-state index contributed by atoms with van der Waals surface area (Å²) < 4.78 is 10.9. The number of rotatable bonds is 23. The normalized spacial score (nSPS) is 13.3. The van der Waals surface area contributed by atoms with Crippen LogP contribution >= 0.6 is 11.8 Å². The number of amides is 5. The van der Waals surface area contributed by atoms with Crippen LogP contribution in [0.25, 0.3) is 0 Å². The molecule has 0 aliphatic heterocycles. The van der Waals surface area contributed by atoms with Crippen molar-refractivity contribution < 1.29 is 38.2 Å². The van der Waals surface area contributed by atoms with E-state index in [-0.39, 0.29) is 19.4 Å². The van der Waals surface area contributed by atoms with Crippen molar-refractivity contribution in [2.75, 3.05) is 18.6 Å². The first kappa shape index (κ1) is 43.6. The molecule has 4 unspecified atom stereocenters. The molecule has 286 valence electrons. The fraction of sp³-hybridized carbons (Fsp3) is 0.526. The Bertz CT molecular complexity index is 1410. The highest BCUT2D eigenvalue weighted by Gasteiger charge is 2.32. The third-order valence-electron chi connectivity index (χ3n) is 7.73. The van der Waals surface area contributed by atoms with E-state index in [1.807, 2.05) is 73.8 Å². The highest BCUT2D eigenvalue weighted by Crippen LogP contribution is 2.13. The van der Waals surface area contributed by atoms with Crippen molar-refractivity contribution in [3.8, 4) is 0 Å². The van der Waals surface area contributed by atoms with Crippen molar-refractivity contribution in [3.63, 3.8) is 0 Å². The van der Waals surface area contributed by atoms with E-state index in [9.17, 15) is 28.8 Å². The SMILES string of the molecule is CCCC(NC(=O)C(CCSC)NC=O)C(=O)NC(Cc1ccccc1)C(=O)NC(CCCCNC(=O)OCc1ccccc1)C(=O)OC(C)(C)C. The minimum absolute atomic E-state index is 0.115. The van der Waals surface area contributed by atoms with Gasteiger partial charge in [0.1, 0.15) is 36.4 Å². The number of hydrogen-bond acceptors (Lipinski definition) is 9. The number of esters is 1. The maximum atomic E-state index is 13.9. The van der Waals surface area contributed by atoms with Crippen LogP contribution in [0.2, 0.25) is 0 Å². The van der Waals surface area contributed by atoms with Gasteiger partial charge in [0.05, 0.1) is 0 Å². The smallest absolute Gasteiger partial charge is 0.407 e. The highest BCUT2D eigenvalue weighted by atomic mass is 32.2. The van der Waals surface area contributed by atoms with Crippen molar-refractivity contribution in [2.45, 2.75) is 109 Å². The van der Waals surface area contributed by atoms with Gasteiger partial charge in [-0.05, 0) is 76.0 Å². The van der Waals surface area contributed by atoms with E-state index in [1.165, 1.54) is 11.8 Å². The summed E-state index contributed by atoms with van der Waals surface area (Å²) in [7, 11) is 0. The molecule has 0 bridgehead atoms. The second-order valence-electron chi connectivity index (χ2n) is 13.3. The molecule has 0 aromatic heterocycles. The quantitative estimate of drug-likeness (QED) is 0.0644. The van der Waals surface area contributed by atoms with Gasteiger partial charge in [-0.3, -0.25) is 19.2 Å². The Labute approximate surface area is 311 Å². The van der Waals surface area contributed by atoms with Crippen LogP contribution < -0.4 is 26.6 Å². The zero-order chi connectivity index (χ0) is 38.4. The third-order valence-corrected chi connectivity index (χ3v) is 8.38. The van der Waals surface area contributed by atoms with Crippen LogP contribution in [0.15, 0.2) is 60.7 Å². The van der Waals surface area contributed by atoms with Gasteiger partial charge in [-0.15, -0.1) is 0 Å². The van der Waals surface area contributed by atoms with Crippen LogP contribution in [0.3, 0.4) is 0 Å². The Morgan fingerprint density at radius 3 is 1.92 bits per heavy atom. The van der Waals surface area contributed by atoms with Gasteiger partial charge in [0.2, 0.25) is 24.1 Å². The first-order valence-corrected chi connectivity index (χ1v) is 19.1. The molecule has 0 saturated carbocycles. The molecule has 0 aliphatic carbocycles. The molecular weight excluding hydrogens is 687 g/mol. The zero-order valence-electron chi connectivity index (χ0n) is 30.9. The Morgan fingerprint density at radius 1 is 0.750 bits per heavy atom. The van der Waals surface area contributed by atoms with E-state index < -0.39 is 59.6 Å². The van der Waals surface area contributed by atoms with Crippen LogP contribution in [0.4, 0.5) is 4.79 Å². The zero-order valence-corrected chi connectivity index (χ0v) is 31.7. The Balaban J connectivity index is 2.14. The topological polar surface area (TPSA) is 181 Å². The van der Waals surface area contributed by atoms with Crippen LogP contribution in [-0.2, 0) is 46.5 Å². The van der Waals surface area contributed by atoms with Crippen molar-refractivity contribution >= 4 is 48.0 Å². The van der Waals surface area contributed by atoms with E-state index in [0.29, 0.717) is 50.8 Å². The molecule has 5 N–H and O–H groups in total. The van der Waals surface area contributed by atoms with Gasteiger partial charge < -0.3 is 36.1 Å². The average molecular weight is 742 g/mol. The van der Waals surface area contributed by atoms with Crippen LogP contribution in [-0.4, -0.2) is 84.5 Å². The number of hydrogen-bond donors (Lipinski definition) is 5. The largest absolute Gasteiger partial charge is 0.458 e. The van der Waals surface area contributed by atoms with Crippen LogP contribution in [0, 0.1) is 0 Å². The van der Waals surface area contributed by atoms with Crippen molar-refractivity contribution in [3.05, 3.63) is 71.8 Å². The lowest BCUT2D eigenvalue weighted by Gasteiger charge is -2.27. The monoisotopic (exact) mass is 741 g/mol. The molecule has 0 fully saturated rings. The molecule has 2 aromatic rings. The number of carbonyl (C=O) groups excluding carboxylic acids is 6. The molecule has 14 heteroatoms. The molecule has 0 radical (unpaired) electrons. The van der Waals surface area contributed by atoms with Crippen molar-refractivity contribution in [1.29, 1.82) is 0 Å².